The van der Waals surface area contributed by atoms with E-state index < -0.39 is 0 Å². The van der Waals surface area contributed by atoms with Crippen LogP contribution in [0, 0.1) is 13.0 Å². The SMILES string of the molecule is Cc1[c-]c(-c2ccccn2)c2cc3ccccc3cc2c1.[Ir]. The Balaban J connectivity index is 0.00000144. The van der Waals surface area contributed by atoms with E-state index >= 15 is 0 Å². The van der Waals surface area contributed by atoms with Gasteiger partial charge in [0.2, 0.25) is 0 Å². The number of benzene rings is 3. The van der Waals surface area contributed by atoms with Crippen LogP contribution in [-0.2, 0) is 20.1 Å². The van der Waals surface area contributed by atoms with E-state index in [1.54, 1.807) is 0 Å². The van der Waals surface area contributed by atoms with Crippen LogP contribution in [-0.4, -0.2) is 4.98 Å². The molecule has 0 atom stereocenters. The predicted octanol–water partition coefficient (Wildman–Crippen LogP) is 5.16. The Bertz CT molecular complexity index is 946. The summed E-state index contributed by atoms with van der Waals surface area (Å²) in [5.41, 5.74) is 3.19. The quantitative estimate of drug-likeness (QED) is 0.282. The number of hydrogen-bond acceptors (Lipinski definition) is 1. The summed E-state index contributed by atoms with van der Waals surface area (Å²) in [6.07, 6.45) is 1.83. The Hall–Kier alpha value is -2.02. The molecule has 0 saturated carbocycles. The molecular weight excluding hydrogens is 446 g/mol. The zero-order valence-electron chi connectivity index (χ0n) is 12.1. The Morgan fingerprint density at radius 3 is 2.27 bits per heavy atom. The first-order valence-electron chi connectivity index (χ1n) is 7.08. The minimum absolute atomic E-state index is 0. The molecule has 1 radical (unpaired) electrons. The maximum atomic E-state index is 4.49. The molecule has 0 saturated heterocycles. The molecule has 4 rings (SSSR count). The molecule has 0 aliphatic heterocycles. The molecule has 0 spiro atoms. The topological polar surface area (TPSA) is 12.9 Å². The fourth-order valence-electron chi connectivity index (χ4n) is 2.84. The van der Waals surface area contributed by atoms with Crippen molar-refractivity contribution in [3.8, 4) is 11.3 Å². The molecule has 0 N–H and O–H groups in total. The number of fused-ring (bicyclic) bond motifs is 2. The largest absolute Gasteiger partial charge is 0.305 e. The van der Waals surface area contributed by atoms with Crippen molar-refractivity contribution in [3.63, 3.8) is 0 Å². The van der Waals surface area contributed by atoms with E-state index in [9.17, 15) is 0 Å². The summed E-state index contributed by atoms with van der Waals surface area (Å²) in [6.45, 7) is 2.08. The second kappa shape index (κ2) is 6.00. The van der Waals surface area contributed by atoms with Gasteiger partial charge in [-0.25, -0.2) is 0 Å². The molecule has 2 heteroatoms. The number of aryl methyl sites for hydroxylation is 1. The van der Waals surface area contributed by atoms with E-state index in [2.05, 4.69) is 60.4 Å². The fraction of sp³-hybridized carbons (Fsp3) is 0.0500. The molecule has 1 aromatic heterocycles. The number of hydrogen-bond donors (Lipinski definition) is 0. The van der Waals surface area contributed by atoms with Crippen molar-refractivity contribution in [2.24, 2.45) is 0 Å². The second-order valence-corrected chi connectivity index (χ2v) is 5.33. The Morgan fingerprint density at radius 1 is 0.818 bits per heavy atom. The smallest absolute Gasteiger partial charge is 0.0160 e. The zero-order valence-corrected chi connectivity index (χ0v) is 14.5. The summed E-state index contributed by atoms with van der Waals surface area (Å²) in [6, 6.07) is 24.6. The Labute approximate surface area is 143 Å². The summed E-state index contributed by atoms with van der Waals surface area (Å²) in [5.74, 6) is 0. The number of aromatic nitrogens is 1. The van der Waals surface area contributed by atoms with Gasteiger partial charge in [0.05, 0.1) is 0 Å². The van der Waals surface area contributed by atoms with Gasteiger partial charge in [0.15, 0.2) is 0 Å². The molecule has 0 unspecified atom stereocenters. The van der Waals surface area contributed by atoms with Crippen LogP contribution in [0.2, 0.25) is 0 Å². The molecule has 1 nitrogen and oxygen atoms in total. The maximum Gasteiger partial charge on any atom is 0.0160 e. The molecule has 3 aromatic carbocycles. The third-order valence-electron chi connectivity index (χ3n) is 3.80. The minimum atomic E-state index is 0. The van der Waals surface area contributed by atoms with Crippen molar-refractivity contribution in [2.75, 3.05) is 0 Å². The van der Waals surface area contributed by atoms with Gasteiger partial charge in [-0.15, -0.1) is 28.6 Å². The van der Waals surface area contributed by atoms with Crippen molar-refractivity contribution >= 4 is 21.5 Å². The van der Waals surface area contributed by atoms with Crippen molar-refractivity contribution in [1.82, 2.24) is 4.98 Å². The summed E-state index contributed by atoms with van der Waals surface area (Å²) in [7, 11) is 0. The molecule has 0 fully saturated rings. The van der Waals surface area contributed by atoms with Crippen LogP contribution in [0.4, 0.5) is 0 Å². The van der Waals surface area contributed by atoms with Crippen LogP contribution in [0.5, 0.6) is 0 Å². The average Bonchev–Trinajstić information content (AvgIpc) is 2.53. The molecule has 0 amide bonds. The first-order valence-corrected chi connectivity index (χ1v) is 7.08. The molecule has 109 valence electrons. The number of rotatable bonds is 1. The van der Waals surface area contributed by atoms with Gasteiger partial charge in [-0.05, 0) is 22.5 Å². The van der Waals surface area contributed by atoms with Gasteiger partial charge in [-0.1, -0.05) is 60.8 Å². The van der Waals surface area contributed by atoms with E-state index in [0.29, 0.717) is 0 Å². The minimum Gasteiger partial charge on any atom is -0.305 e. The van der Waals surface area contributed by atoms with Gasteiger partial charge in [0, 0.05) is 26.3 Å². The average molecular weight is 461 g/mol. The first-order chi connectivity index (χ1) is 10.3. The van der Waals surface area contributed by atoms with Gasteiger partial charge in [-0.2, -0.15) is 0 Å². The van der Waals surface area contributed by atoms with E-state index in [-0.39, 0.29) is 20.1 Å². The summed E-state index contributed by atoms with van der Waals surface area (Å²) in [5, 5.41) is 4.96. The molecule has 4 aromatic rings. The summed E-state index contributed by atoms with van der Waals surface area (Å²) >= 11 is 0. The van der Waals surface area contributed by atoms with Crippen LogP contribution >= 0.6 is 0 Å². The van der Waals surface area contributed by atoms with Gasteiger partial charge in [0.25, 0.3) is 0 Å². The number of pyridine rings is 1. The van der Waals surface area contributed by atoms with Crippen molar-refractivity contribution < 1.29 is 20.1 Å². The summed E-state index contributed by atoms with van der Waals surface area (Å²) < 4.78 is 0. The summed E-state index contributed by atoms with van der Waals surface area (Å²) in [4.78, 5) is 4.49. The van der Waals surface area contributed by atoms with Gasteiger partial charge in [0.1, 0.15) is 0 Å². The predicted molar refractivity (Wildman–Crippen MR) is 88.3 cm³/mol. The van der Waals surface area contributed by atoms with E-state index in [1.807, 2.05) is 24.4 Å². The number of nitrogens with zero attached hydrogens (tertiary/aromatic N) is 1. The molecular formula is C20H14IrN-. The van der Waals surface area contributed by atoms with Crippen LogP contribution in [0.1, 0.15) is 5.56 Å². The van der Waals surface area contributed by atoms with E-state index in [1.165, 1.54) is 21.5 Å². The third kappa shape index (κ3) is 2.56. The van der Waals surface area contributed by atoms with Crippen molar-refractivity contribution in [3.05, 3.63) is 78.5 Å². The van der Waals surface area contributed by atoms with Crippen LogP contribution in [0.15, 0.2) is 66.9 Å². The Kier molecular flexibility index (Phi) is 4.06. The van der Waals surface area contributed by atoms with Gasteiger partial charge < -0.3 is 4.98 Å². The van der Waals surface area contributed by atoms with Crippen LogP contribution in [0.25, 0.3) is 32.8 Å². The zero-order chi connectivity index (χ0) is 14.2. The standard InChI is InChI=1S/C20H14N.Ir/c1-14-10-17-12-15-6-2-3-7-16(15)13-18(17)19(11-14)20-8-4-5-9-21-20;/h2-10,12-13H,1H3;/q-1;. The molecule has 1 heterocycles. The van der Waals surface area contributed by atoms with Crippen molar-refractivity contribution in [2.45, 2.75) is 6.92 Å². The van der Waals surface area contributed by atoms with E-state index in [4.69, 9.17) is 0 Å². The molecule has 22 heavy (non-hydrogen) atoms. The van der Waals surface area contributed by atoms with Crippen molar-refractivity contribution in [1.29, 1.82) is 0 Å². The van der Waals surface area contributed by atoms with Crippen LogP contribution < -0.4 is 0 Å². The molecule has 0 aliphatic carbocycles. The van der Waals surface area contributed by atoms with Crippen LogP contribution in [0.3, 0.4) is 0 Å². The molecule has 0 aliphatic rings. The normalized spacial score (nSPS) is 10.6. The van der Waals surface area contributed by atoms with Gasteiger partial charge in [-0.3, -0.25) is 0 Å². The third-order valence-corrected chi connectivity index (χ3v) is 3.80. The van der Waals surface area contributed by atoms with E-state index in [0.717, 1.165) is 16.8 Å². The molecule has 0 bridgehead atoms. The van der Waals surface area contributed by atoms with Gasteiger partial charge >= 0.3 is 0 Å². The second-order valence-electron chi connectivity index (χ2n) is 5.33. The first kappa shape index (κ1) is 14.9. The fourth-order valence-corrected chi connectivity index (χ4v) is 2.84. The maximum absolute atomic E-state index is 4.49. The Morgan fingerprint density at radius 2 is 1.55 bits per heavy atom. The monoisotopic (exact) mass is 461 g/mol.